The van der Waals surface area contributed by atoms with E-state index in [9.17, 15) is 9.59 Å². The van der Waals surface area contributed by atoms with Crippen LogP contribution >= 0.6 is 0 Å². The zero-order valence-corrected chi connectivity index (χ0v) is 21.4. The van der Waals surface area contributed by atoms with Crippen LogP contribution in [-0.2, 0) is 14.3 Å². The van der Waals surface area contributed by atoms with Gasteiger partial charge in [-0.2, -0.15) is 0 Å². The number of anilines is 1. The molecule has 5 rings (SSSR count). The standard InChI is InChI=1S/C12H19NO2.C10H11NO.C7H13N/c1-4-10(6-7-12(14)15-3)11(5-2)8-9-13;12-10-7-4-8-11(10)9-5-2-1-3-6-9;1-4-8-5-2-7(1)3-6-8/h4-5H,1-2,6-9,13H2,3H3;1-3,5-6H,4,7-8H2;7H,1-6H2/b11-10-;;. The molecule has 1 amide bonds. The second-order valence-corrected chi connectivity index (χ2v) is 9.13. The predicted molar refractivity (Wildman–Crippen MR) is 144 cm³/mol. The summed E-state index contributed by atoms with van der Waals surface area (Å²) in [4.78, 5) is 26.7. The maximum Gasteiger partial charge on any atom is 0.305 e. The molecule has 0 saturated carbocycles. The minimum Gasteiger partial charge on any atom is -0.469 e. The maximum absolute atomic E-state index is 11.3. The molecule has 0 atom stereocenters. The van der Waals surface area contributed by atoms with E-state index in [1.54, 1.807) is 12.2 Å². The Kier molecular flexibility index (Phi) is 13.1. The van der Waals surface area contributed by atoms with Gasteiger partial charge in [0.05, 0.1) is 7.11 Å². The molecule has 2 N–H and O–H groups in total. The number of nitrogens with two attached hydrogens (primary N) is 1. The van der Waals surface area contributed by atoms with Crippen molar-refractivity contribution in [3.63, 3.8) is 0 Å². The van der Waals surface area contributed by atoms with Crippen LogP contribution in [0.2, 0.25) is 0 Å². The van der Waals surface area contributed by atoms with Gasteiger partial charge in [0.2, 0.25) is 5.91 Å². The first kappa shape index (κ1) is 28.5. The van der Waals surface area contributed by atoms with Gasteiger partial charge in [0.1, 0.15) is 0 Å². The Balaban J connectivity index is 0.000000192. The Labute approximate surface area is 211 Å². The summed E-state index contributed by atoms with van der Waals surface area (Å²) < 4.78 is 4.57. The fourth-order valence-electron chi connectivity index (χ4n) is 4.67. The third kappa shape index (κ3) is 9.82. The smallest absolute Gasteiger partial charge is 0.305 e. The Morgan fingerprint density at radius 3 is 2.00 bits per heavy atom. The molecule has 4 aliphatic rings. The van der Waals surface area contributed by atoms with Crippen LogP contribution in [0.1, 0.15) is 51.4 Å². The number of esters is 1. The molecule has 4 aliphatic heterocycles. The summed E-state index contributed by atoms with van der Waals surface area (Å²) >= 11 is 0. The summed E-state index contributed by atoms with van der Waals surface area (Å²) in [6.45, 7) is 13.1. The monoisotopic (exact) mass is 481 g/mol. The van der Waals surface area contributed by atoms with E-state index in [1.165, 1.54) is 46.0 Å². The molecular formula is C29H43N3O3. The second kappa shape index (κ2) is 16.1. The number of amides is 1. The lowest BCUT2D eigenvalue weighted by Crippen LogP contribution is -2.41. The Hall–Kier alpha value is -2.70. The van der Waals surface area contributed by atoms with Gasteiger partial charge in [0.15, 0.2) is 0 Å². The fraction of sp³-hybridized carbons (Fsp3) is 0.517. The van der Waals surface area contributed by atoms with Gasteiger partial charge in [0.25, 0.3) is 0 Å². The molecule has 0 aromatic heterocycles. The molecule has 0 radical (unpaired) electrons. The largest absolute Gasteiger partial charge is 0.469 e. The zero-order chi connectivity index (χ0) is 25.5. The molecule has 192 valence electrons. The van der Waals surface area contributed by atoms with Crippen LogP contribution in [0.4, 0.5) is 5.69 Å². The van der Waals surface area contributed by atoms with Crippen LogP contribution in [0.5, 0.6) is 0 Å². The summed E-state index contributed by atoms with van der Waals surface area (Å²) in [5, 5.41) is 0. The number of benzene rings is 1. The van der Waals surface area contributed by atoms with Crippen molar-refractivity contribution in [1.29, 1.82) is 0 Å². The summed E-state index contributed by atoms with van der Waals surface area (Å²) in [5.41, 5.74) is 8.57. The van der Waals surface area contributed by atoms with Crippen LogP contribution in [0.3, 0.4) is 0 Å². The van der Waals surface area contributed by atoms with Gasteiger partial charge in [-0.05, 0) is 93.9 Å². The van der Waals surface area contributed by atoms with E-state index in [0.717, 1.165) is 42.1 Å². The Morgan fingerprint density at radius 2 is 1.60 bits per heavy atom. The van der Waals surface area contributed by atoms with Gasteiger partial charge < -0.3 is 20.3 Å². The highest BCUT2D eigenvalue weighted by Gasteiger charge is 2.24. The lowest BCUT2D eigenvalue weighted by atomic mass is 9.89. The molecule has 6 nitrogen and oxygen atoms in total. The summed E-state index contributed by atoms with van der Waals surface area (Å²) in [7, 11) is 1.38. The number of hydrogen-bond donors (Lipinski definition) is 1. The lowest BCUT2D eigenvalue weighted by molar-refractivity contribution is -0.140. The van der Waals surface area contributed by atoms with Gasteiger partial charge in [0, 0.05) is 25.1 Å². The molecule has 2 bridgehead atoms. The molecule has 0 spiro atoms. The van der Waals surface area contributed by atoms with E-state index >= 15 is 0 Å². The number of allylic oxidation sites excluding steroid dienone is 3. The fourth-order valence-corrected chi connectivity index (χ4v) is 4.67. The van der Waals surface area contributed by atoms with Crippen molar-refractivity contribution in [3.8, 4) is 0 Å². The van der Waals surface area contributed by atoms with E-state index in [4.69, 9.17) is 5.73 Å². The van der Waals surface area contributed by atoms with Crippen LogP contribution in [0, 0.1) is 5.92 Å². The third-order valence-corrected chi connectivity index (χ3v) is 6.85. The normalized spacial score (nSPS) is 21.1. The van der Waals surface area contributed by atoms with Crippen molar-refractivity contribution in [2.24, 2.45) is 11.7 Å². The summed E-state index contributed by atoms with van der Waals surface area (Å²) in [5.74, 6) is 1.15. The number of ether oxygens (including phenoxy) is 1. The third-order valence-electron chi connectivity index (χ3n) is 6.85. The van der Waals surface area contributed by atoms with E-state index < -0.39 is 0 Å². The molecule has 4 fully saturated rings. The van der Waals surface area contributed by atoms with Crippen molar-refractivity contribution < 1.29 is 14.3 Å². The van der Waals surface area contributed by atoms with Crippen molar-refractivity contribution in [3.05, 3.63) is 66.8 Å². The molecule has 35 heavy (non-hydrogen) atoms. The number of hydrogen-bond acceptors (Lipinski definition) is 5. The molecule has 4 saturated heterocycles. The Bertz CT molecular complexity index is 819. The first-order valence-corrected chi connectivity index (χ1v) is 12.8. The predicted octanol–water partition coefficient (Wildman–Crippen LogP) is 4.87. The number of fused-ring (bicyclic) bond motifs is 3. The quantitative estimate of drug-likeness (QED) is 0.423. The second-order valence-electron chi connectivity index (χ2n) is 9.13. The molecule has 4 heterocycles. The van der Waals surface area contributed by atoms with Gasteiger partial charge in [-0.25, -0.2) is 0 Å². The van der Waals surface area contributed by atoms with Crippen molar-refractivity contribution in [1.82, 2.24) is 4.90 Å². The molecule has 6 heteroatoms. The average Bonchev–Trinajstić information content (AvgIpc) is 3.36. The van der Waals surface area contributed by atoms with Gasteiger partial charge in [-0.15, -0.1) is 0 Å². The highest BCUT2D eigenvalue weighted by molar-refractivity contribution is 5.95. The Morgan fingerprint density at radius 1 is 1.00 bits per heavy atom. The first-order chi connectivity index (χ1) is 17.0. The minimum atomic E-state index is -0.217. The zero-order valence-electron chi connectivity index (χ0n) is 21.4. The van der Waals surface area contributed by atoms with E-state index in [-0.39, 0.29) is 11.9 Å². The van der Waals surface area contributed by atoms with Crippen molar-refractivity contribution in [2.75, 3.05) is 44.7 Å². The SMILES string of the molecule is C1CN2CCC1CC2.C=C/C(CCN)=C(\C=C)CCC(=O)OC.O=C1CCCN1c1ccccc1. The highest BCUT2D eigenvalue weighted by atomic mass is 16.5. The van der Waals surface area contributed by atoms with E-state index in [0.29, 0.717) is 25.8 Å². The summed E-state index contributed by atoms with van der Waals surface area (Å²) in [6, 6.07) is 9.83. The van der Waals surface area contributed by atoms with Crippen LogP contribution < -0.4 is 10.6 Å². The number of carbonyl (C=O) groups is 2. The lowest BCUT2D eigenvalue weighted by Gasteiger charge is -2.38. The highest BCUT2D eigenvalue weighted by Crippen LogP contribution is 2.26. The van der Waals surface area contributed by atoms with E-state index in [1.807, 2.05) is 35.2 Å². The number of piperidine rings is 3. The minimum absolute atomic E-state index is 0.217. The van der Waals surface area contributed by atoms with Gasteiger partial charge in [-0.1, -0.05) is 43.5 Å². The maximum atomic E-state index is 11.3. The van der Waals surface area contributed by atoms with Crippen LogP contribution in [-0.4, -0.2) is 56.6 Å². The van der Waals surface area contributed by atoms with Crippen molar-refractivity contribution >= 4 is 17.6 Å². The average molecular weight is 482 g/mol. The number of methoxy groups -OCH3 is 1. The van der Waals surface area contributed by atoms with Crippen LogP contribution in [0.15, 0.2) is 66.8 Å². The molecule has 1 aromatic carbocycles. The first-order valence-electron chi connectivity index (χ1n) is 12.8. The van der Waals surface area contributed by atoms with E-state index in [2.05, 4.69) is 22.8 Å². The molecular weight excluding hydrogens is 438 g/mol. The van der Waals surface area contributed by atoms with Gasteiger partial charge >= 0.3 is 5.97 Å². The molecule has 1 aromatic rings. The summed E-state index contributed by atoms with van der Waals surface area (Å²) in [6.07, 6.45) is 11.4. The van der Waals surface area contributed by atoms with Gasteiger partial charge in [-0.3, -0.25) is 9.59 Å². The number of carbonyl (C=O) groups excluding carboxylic acids is 2. The topological polar surface area (TPSA) is 75.9 Å². The molecule has 0 aliphatic carbocycles. The number of para-hydroxylation sites is 1. The number of nitrogens with zero attached hydrogens (tertiary/aromatic N) is 2. The van der Waals surface area contributed by atoms with Crippen LogP contribution in [0.25, 0.3) is 0 Å². The number of rotatable bonds is 8. The molecule has 0 unspecified atom stereocenters. The van der Waals surface area contributed by atoms with Crippen molar-refractivity contribution in [2.45, 2.75) is 51.4 Å².